The molecule has 7 heteroatoms. The largest absolute Gasteiger partial charge is 0.496 e. The van der Waals surface area contributed by atoms with Crippen LogP contribution in [0.2, 0.25) is 5.02 Å². The number of ether oxygens (including phenoxy) is 4. The number of allylic oxidation sites excluding steroid dienone is 1. The number of fused-ring (bicyclic) bond motifs is 1. The van der Waals surface area contributed by atoms with E-state index in [1.54, 1.807) is 13.0 Å². The maximum absolute atomic E-state index is 13.9. The van der Waals surface area contributed by atoms with Crippen molar-refractivity contribution in [3.8, 4) is 28.4 Å². The second-order valence-electron chi connectivity index (χ2n) is 8.90. The molecule has 6 nitrogen and oxygen atoms in total. The van der Waals surface area contributed by atoms with Crippen LogP contribution in [0.3, 0.4) is 0 Å². The third-order valence-corrected chi connectivity index (χ3v) is 7.09. The molecule has 2 atom stereocenters. The number of Topliss-reactive ketones (excluding diaryl/α,β-unsaturated/α-hetero) is 1. The van der Waals surface area contributed by atoms with Gasteiger partial charge in [0, 0.05) is 24.5 Å². The fourth-order valence-electron chi connectivity index (χ4n) is 4.82. The minimum atomic E-state index is -1.52. The van der Waals surface area contributed by atoms with Crippen LogP contribution in [0.5, 0.6) is 17.2 Å². The van der Waals surface area contributed by atoms with Crippen molar-refractivity contribution in [2.24, 2.45) is 5.92 Å². The van der Waals surface area contributed by atoms with E-state index in [-0.39, 0.29) is 52.4 Å². The predicted octanol–water partition coefficient (Wildman–Crippen LogP) is 6.05. The molecule has 0 radical (unpaired) electrons. The van der Waals surface area contributed by atoms with E-state index in [4.69, 9.17) is 30.5 Å². The van der Waals surface area contributed by atoms with Crippen molar-refractivity contribution >= 4 is 23.2 Å². The topological polar surface area (TPSA) is 71.1 Å². The maximum Gasteiger partial charge on any atom is 0.231 e. The molecule has 0 saturated carbocycles. The quantitative estimate of drug-likeness (QED) is 0.407. The molecule has 0 amide bonds. The Morgan fingerprint density at radius 2 is 1.64 bits per heavy atom. The number of benzene rings is 3. The van der Waals surface area contributed by atoms with Crippen LogP contribution in [-0.2, 0) is 16.1 Å². The molecule has 1 aliphatic heterocycles. The summed E-state index contributed by atoms with van der Waals surface area (Å²) in [5, 5.41) is 0.165. The molecule has 5 rings (SSSR count). The van der Waals surface area contributed by atoms with Crippen LogP contribution in [0.1, 0.15) is 29.3 Å². The molecule has 0 saturated heterocycles. The Morgan fingerprint density at radius 3 is 2.31 bits per heavy atom. The lowest BCUT2D eigenvalue weighted by atomic mass is 9.75. The molecule has 0 N–H and O–H groups in total. The van der Waals surface area contributed by atoms with Gasteiger partial charge in [0.25, 0.3) is 0 Å². The summed E-state index contributed by atoms with van der Waals surface area (Å²) in [7, 11) is 2.93. The van der Waals surface area contributed by atoms with Crippen molar-refractivity contribution in [1.82, 2.24) is 0 Å². The van der Waals surface area contributed by atoms with Crippen LogP contribution < -0.4 is 14.2 Å². The molecule has 1 heterocycles. The third-order valence-electron chi connectivity index (χ3n) is 6.73. The van der Waals surface area contributed by atoms with Crippen molar-refractivity contribution < 1.29 is 28.5 Å². The molecule has 3 aromatic rings. The molecule has 0 aromatic heterocycles. The summed E-state index contributed by atoms with van der Waals surface area (Å²) in [6, 6.07) is 19.5. The van der Waals surface area contributed by atoms with E-state index in [1.165, 1.54) is 20.3 Å². The van der Waals surface area contributed by atoms with E-state index in [0.717, 1.165) is 16.7 Å². The average molecular weight is 505 g/mol. The fourth-order valence-corrected chi connectivity index (χ4v) is 5.09. The van der Waals surface area contributed by atoms with Gasteiger partial charge in [-0.3, -0.25) is 9.59 Å². The summed E-state index contributed by atoms with van der Waals surface area (Å²) < 4.78 is 23.3. The Labute approximate surface area is 214 Å². The number of methoxy groups -OCH3 is 2. The molecule has 0 unspecified atom stereocenters. The third kappa shape index (κ3) is 3.82. The highest BCUT2D eigenvalue weighted by Crippen LogP contribution is 2.54. The van der Waals surface area contributed by atoms with Crippen molar-refractivity contribution in [2.45, 2.75) is 25.6 Å². The highest BCUT2D eigenvalue weighted by Gasteiger charge is 2.60. The molecular weight excluding hydrogens is 480 g/mol. The first-order valence-corrected chi connectivity index (χ1v) is 12.0. The van der Waals surface area contributed by atoms with Crippen LogP contribution in [0.25, 0.3) is 11.1 Å². The molecule has 36 heavy (non-hydrogen) atoms. The number of hydrogen-bond donors (Lipinski definition) is 0. The van der Waals surface area contributed by atoms with E-state index in [0.29, 0.717) is 5.75 Å². The second kappa shape index (κ2) is 9.36. The number of carbonyl (C=O) groups is 2. The zero-order valence-electron chi connectivity index (χ0n) is 20.2. The van der Waals surface area contributed by atoms with E-state index >= 15 is 0 Å². The molecule has 0 bridgehead atoms. The van der Waals surface area contributed by atoms with E-state index in [1.807, 2.05) is 54.6 Å². The van der Waals surface area contributed by atoms with Gasteiger partial charge in [0.2, 0.25) is 11.4 Å². The minimum absolute atomic E-state index is 0.134. The lowest BCUT2D eigenvalue weighted by molar-refractivity contribution is -0.118. The normalized spacial score (nSPS) is 20.6. The van der Waals surface area contributed by atoms with Crippen molar-refractivity contribution in [3.05, 3.63) is 88.6 Å². The van der Waals surface area contributed by atoms with Crippen LogP contribution in [0.4, 0.5) is 0 Å². The van der Waals surface area contributed by atoms with Gasteiger partial charge in [-0.15, -0.1) is 0 Å². The molecular formula is C29H25ClO6. The number of ketones is 2. The molecule has 3 aromatic carbocycles. The first-order chi connectivity index (χ1) is 17.4. The average Bonchev–Trinajstić information content (AvgIpc) is 3.21. The van der Waals surface area contributed by atoms with Crippen LogP contribution in [0.15, 0.2) is 72.5 Å². The lowest BCUT2D eigenvalue weighted by Gasteiger charge is -2.37. The number of rotatable bonds is 6. The fraction of sp³-hybridized carbons (Fsp3) is 0.241. The maximum atomic E-state index is 13.9. The highest BCUT2D eigenvalue weighted by molar-refractivity contribution is 6.35. The first-order valence-electron chi connectivity index (χ1n) is 11.6. The zero-order chi connectivity index (χ0) is 25.4. The molecule has 184 valence electrons. The van der Waals surface area contributed by atoms with Gasteiger partial charge in [-0.1, -0.05) is 73.1 Å². The van der Waals surface area contributed by atoms with Gasteiger partial charge >= 0.3 is 0 Å². The van der Waals surface area contributed by atoms with Gasteiger partial charge in [0.1, 0.15) is 28.7 Å². The smallest absolute Gasteiger partial charge is 0.231 e. The summed E-state index contributed by atoms with van der Waals surface area (Å²) in [6.45, 7) is 1.95. The Morgan fingerprint density at radius 1 is 0.972 bits per heavy atom. The van der Waals surface area contributed by atoms with Gasteiger partial charge in [-0.25, -0.2) is 0 Å². The summed E-state index contributed by atoms with van der Waals surface area (Å²) in [5.41, 5.74) is 1.77. The zero-order valence-corrected chi connectivity index (χ0v) is 20.9. The van der Waals surface area contributed by atoms with Gasteiger partial charge < -0.3 is 18.9 Å². The molecule has 2 aliphatic rings. The second-order valence-corrected chi connectivity index (χ2v) is 9.28. The summed E-state index contributed by atoms with van der Waals surface area (Å²) >= 11 is 6.53. The Hall–Kier alpha value is -3.77. The van der Waals surface area contributed by atoms with Gasteiger partial charge in [-0.05, 0) is 16.7 Å². The summed E-state index contributed by atoms with van der Waals surface area (Å²) in [5.74, 6) is -0.0422. The first kappa shape index (κ1) is 23.9. The van der Waals surface area contributed by atoms with Gasteiger partial charge in [0.15, 0.2) is 17.3 Å². The summed E-state index contributed by atoms with van der Waals surface area (Å²) in [4.78, 5) is 26.4. The van der Waals surface area contributed by atoms with Crippen LogP contribution in [0, 0.1) is 5.92 Å². The van der Waals surface area contributed by atoms with Gasteiger partial charge in [0.05, 0.1) is 14.2 Å². The molecule has 1 spiro atoms. The number of carbonyl (C=O) groups excluding carboxylic acids is 2. The van der Waals surface area contributed by atoms with Gasteiger partial charge in [-0.2, -0.15) is 0 Å². The number of halogens is 1. The Kier molecular flexibility index (Phi) is 6.22. The van der Waals surface area contributed by atoms with Crippen molar-refractivity contribution in [3.63, 3.8) is 0 Å². The Bertz CT molecular complexity index is 1360. The molecule has 1 aliphatic carbocycles. The SMILES string of the molecule is COc1cc(OC)c2c(c1Cl)O[C@]1(C2=O)C(OCc2ccc(-c3ccccc3)cc2)=CC(=O)C[C@H]1C. The summed E-state index contributed by atoms with van der Waals surface area (Å²) in [6.07, 6.45) is 1.50. The number of hydrogen-bond acceptors (Lipinski definition) is 6. The predicted molar refractivity (Wildman–Crippen MR) is 136 cm³/mol. The van der Waals surface area contributed by atoms with Crippen molar-refractivity contribution in [2.75, 3.05) is 14.2 Å². The van der Waals surface area contributed by atoms with Crippen molar-refractivity contribution in [1.29, 1.82) is 0 Å². The monoisotopic (exact) mass is 504 g/mol. The standard InChI is InChI=1S/C29H25ClO6/c1-17-13-21(31)14-24(35-16-18-9-11-20(12-10-18)19-7-5-4-6-8-19)29(17)28(32)25-22(33-2)15-23(34-3)26(30)27(25)36-29/h4-12,14-15,17H,13,16H2,1-3H3/t17-,29+/m1/s1. The lowest BCUT2D eigenvalue weighted by Crippen LogP contribution is -2.51. The van der Waals surface area contributed by atoms with E-state index in [2.05, 4.69) is 0 Å². The Balaban J connectivity index is 1.47. The minimum Gasteiger partial charge on any atom is -0.496 e. The van der Waals surface area contributed by atoms with E-state index < -0.39 is 11.5 Å². The highest BCUT2D eigenvalue weighted by atomic mass is 35.5. The van der Waals surface area contributed by atoms with Crippen LogP contribution >= 0.6 is 11.6 Å². The van der Waals surface area contributed by atoms with Crippen LogP contribution in [-0.4, -0.2) is 31.4 Å². The van der Waals surface area contributed by atoms with E-state index in [9.17, 15) is 9.59 Å². The molecule has 0 fully saturated rings.